The minimum absolute atomic E-state index is 0.359. The molecule has 1 aliphatic heterocycles. The van der Waals surface area contributed by atoms with Crippen LogP contribution >= 0.6 is 21.6 Å². The molecule has 1 aliphatic rings. The van der Waals surface area contributed by atoms with E-state index in [1.165, 1.54) is 0 Å². The zero-order valence-corrected chi connectivity index (χ0v) is 14.7. The van der Waals surface area contributed by atoms with Gasteiger partial charge in [-0.05, 0) is 28.2 Å². The molecule has 1 N–H and O–H groups in total. The Morgan fingerprint density at radius 1 is 0.895 bits per heavy atom. The quantitative estimate of drug-likeness (QED) is 0.532. The molecular formula is C12H29N5S2. The second-order valence-electron chi connectivity index (χ2n) is 5.13. The van der Waals surface area contributed by atoms with Crippen molar-refractivity contribution in [2.75, 3.05) is 54.4 Å². The topological polar surface area (TPSA) is 25.0 Å². The molecule has 0 spiro atoms. The summed E-state index contributed by atoms with van der Waals surface area (Å²) < 4.78 is 0. The Labute approximate surface area is 126 Å². The Morgan fingerprint density at radius 2 is 1.47 bits per heavy atom. The Balaban J connectivity index is 2.62. The van der Waals surface area contributed by atoms with E-state index in [-0.39, 0.29) is 0 Å². The molecule has 2 unspecified atom stereocenters. The molecule has 114 valence electrons. The monoisotopic (exact) mass is 307 g/mol. The number of hydrogen-bond acceptors (Lipinski definition) is 7. The predicted octanol–water partition coefficient (Wildman–Crippen LogP) is 1.22. The Kier molecular flexibility index (Phi) is 8.05. The highest BCUT2D eigenvalue weighted by atomic mass is 33.1. The number of nitrogens with zero attached hydrogens (tertiary/aromatic N) is 4. The van der Waals surface area contributed by atoms with Gasteiger partial charge in [0, 0.05) is 26.2 Å². The standard InChI is InChI=1S/C12H29N5S2/c1-7-16(8-2)17(10-9-14(3)4)12-13-11(15(5)6)18-19-12/h11-13H,7-10H2,1-6H3. The molecule has 7 heteroatoms. The second kappa shape index (κ2) is 8.71. The molecule has 0 aliphatic carbocycles. The lowest BCUT2D eigenvalue weighted by Crippen LogP contribution is -2.55. The van der Waals surface area contributed by atoms with Gasteiger partial charge >= 0.3 is 0 Å². The maximum absolute atomic E-state index is 3.68. The lowest BCUT2D eigenvalue weighted by atomic mass is 10.5. The van der Waals surface area contributed by atoms with Crippen LogP contribution in [0.25, 0.3) is 0 Å². The summed E-state index contributed by atoms with van der Waals surface area (Å²) in [6, 6.07) is 0. The Hall–Kier alpha value is 0.500. The number of hydrazine groups is 1. The van der Waals surface area contributed by atoms with Crippen LogP contribution in [0.1, 0.15) is 13.8 Å². The molecule has 0 amide bonds. The van der Waals surface area contributed by atoms with Crippen molar-refractivity contribution >= 4 is 21.6 Å². The highest BCUT2D eigenvalue weighted by Crippen LogP contribution is 2.38. The number of nitrogens with one attached hydrogen (secondary N) is 1. The van der Waals surface area contributed by atoms with Crippen molar-refractivity contribution in [2.24, 2.45) is 0 Å². The molecular weight excluding hydrogens is 278 g/mol. The van der Waals surface area contributed by atoms with Gasteiger partial charge in [0.15, 0.2) is 0 Å². The van der Waals surface area contributed by atoms with Crippen LogP contribution < -0.4 is 5.32 Å². The van der Waals surface area contributed by atoms with Gasteiger partial charge in [-0.2, -0.15) is 0 Å². The third-order valence-corrected chi connectivity index (χ3v) is 5.97. The van der Waals surface area contributed by atoms with Crippen molar-refractivity contribution < 1.29 is 0 Å². The normalized spacial score (nSPS) is 24.3. The van der Waals surface area contributed by atoms with Gasteiger partial charge in [0.05, 0.1) is 0 Å². The molecule has 1 heterocycles. The summed E-state index contributed by atoms with van der Waals surface area (Å²) in [6.07, 6.45) is 0. The first-order chi connectivity index (χ1) is 8.99. The summed E-state index contributed by atoms with van der Waals surface area (Å²) in [5.41, 5.74) is 0.754. The minimum atomic E-state index is 0.359. The minimum Gasteiger partial charge on any atom is -0.308 e. The molecule has 2 atom stereocenters. The second-order valence-corrected chi connectivity index (χ2v) is 7.57. The van der Waals surface area contributed by atoms with Crippen molar-refractivity contribution in [3.63, 3.8) is 0 Å². The highest BCUT2D eigenvalue weighted by Gasteiger charge is 2.33. The van der Waals surface area contributed by atoms with E-state index >= 15 is 0 Å². The van der Waals surface area contributed by atoms with Crippen LogP contribution in [0.15, 0.2) is 0 Å². The van der Waals surface area contributed by atoms with E-state index < -0.39 is 0 Å². The van der Waals surface area contributed by atoms with Crippen LogP contribution in [0.5, 0.6) is 0 Å². The van der Waals surface area contributed by atoms with Crippen LogP contribution in [-0.4, -0.2) is 85.2 Å². The number of rotatable bonds is 8. The summed E-state index contributed by atoms with van der Waals surface area (Å²) in [5, 5.41) is 8.58. The molecule has 5 nitrogen and oxygen atoms in total. The fourth-order valence-corrected chi connectivity index (χ4v) is 4.90. The first-order valence-electron chi connectivity index (χ1n) is 6.90. The molecule has 1 fully saturated rings. The van der Waals surface area contributed by atoms with Gasteiger partial charge < -0.3 is 4.90 Å². The zero-order valence-electron chi connectivity index (χ0n) is 13.1. The van der Waals surface area contributed by atoms with E-state index in [0.29, 0.717) is 11.0 Å². The lowest BCUT2D eigenvalue weighted by molar-refractivity contribution is -0.0409. The average molecular weight is 308 g/mol. The Bertz CT molecular complexity index is 248. The zero-order chi connectivity index (χ0) is 14.4. The van der Waals surface area contributed by atoms with E-state index in [0.717, 1.165) is 26.2 Å². The van der Waals surface area contributed by atoms with E-state index in [1.807, 2.05) is 21.6 Å². The van der Waals surface area contributed by atoms with Crippen LogP contribution in [0.4, 0.5) is 0 Å². The van der Waals surface area contributed by atoms with Gasteiger partial charge in [0.1, 0.15) is 11.0 Å². The first kappa shape index (κ1) is 17.6. The largest absolute Gasteiger partial charge is 0.308 e. The van der Waals surface area contributed by atoms with Gasteiger partial charge in [0.25, 0.3) is 0 Å². The summed E-state index contributed by atoms with van der Waals surface area (Å²) >= 11 is 0. The van der Waals surface area contributed by atoms with Crippen molar-refractivity contribution in [1.82, 2.24) is 25.1 Å². The van der Waals surface area contributed by atoms with Crippen LogP contribution in [0.2, 0.25) is 0 Å². The van der Waals surface area contributed by atoms with Gasteiger partial charge in [-0.1, -0.05) is 35.4 Å². The van der Waals surface area contributed by atoms with Gasteiger partial charge in [-0.15, -0.1) is 0 Å². The summed E-state index contributed by atoms with van der Waals surface area (Å²) in [7, 11) is 12.3. The van der Waals surface area contributed by atoms with Gasteiger partial charge in [-0.25, -0.2) is 10.0 Å². The maximum atomic E-state index is 3.68. The molecule has 0 radical (unpaired) electrons. The SMILES string of the molecule is CCN(CC)N(CCN(C)C)C1NC(N(C)C)SS1. The highest BCUT2D eigenvalue weighted by molar-refractivity contribution is 8.77. The van der Waals surface area contributed by atoms with Crippen molar-refractivity contribution in [3.8, 4) is 0 Å². The molecule has 0 aromatic carbocycles. The molecule has 1 saturated heterocycles. The van der Waals surface area contributed by atoms with Crippen LogP contribution in [-0.2, 0) is 0 Å². The molecule has 1 rings (SSSR count). The van der Waals surface area contributed by atoms with E-state index in [2.05, 4.69) is 67.2 Å². The first-order valence-corrected chi connectivity index (χ1v) is 9.18. The maximum Gasteiger partial charge on any atom is 0.133 e. The molecule has 0 saturated carbocycles. The molecule has 19 heavy (non-hydrogen) atoms. The third kappa shape index (κ3) is 5.41. The van der Waals surface area contributed by atoms with E-state index in [9.17, 15) is 0 Å². The van der Waals surface area contributed by atoms with Crippen LogP contribution in [0, 0.1) is 0 Å². The van der Waals surface area contributed by atoms with Crippen molar-refractivity contribution in [1.29, 1.82) is 0 Å². The fraction of sp³-hybridized carbons (Fsp3) is 1.00. The van der Waals surface area contributed by atoms with Gasteiger partial charge in [-0.3, -0.25) is 10.2 Å². The smallest absolute Gasteiger partial charge is 0.133 e. The molecule has 0 aromatic rings. The van der Waals surface area contributed by atoms with Crippen molar-refractivity contribution in [3.05, 3.63) is 0 Å². The summed E-state index contributed by atoms with van der Waals surface area (Å²) in [6.45, 7) is 8.69. The third-order valence-electron chi connectivity index (χ3n) is 3.13. The summed E-state index contributed by atoms with van der Waals surface area (Å²) in [5.74, 6) is 0. The van der Waals surface area contributed by atoms with Gasteiger partial charge in [0.2, 0.25) is 0 Å². The fourth-order valence-electron chi connectivity index (χ4n) is 1.95. The Morgan fingerprint density at radius 3 is 1.89 bits per heavy atom. The van der Waals surface area contributed by atoms with Crippen molar-refractivity contribution in [2.45, 2.75) is 24.8 Å². The number of hydrogen-bond donors (Lipinski definition) is 1. The van der Waals surface area contributed by atoms with Crippen LogP contribution in [0.3, 0.4) is 0 Å². The van der Waals surface area contributed by atoms with E-state index in [1.54, 1.807) is 0 Å². The predicted molar refractivity (Wildman–Crippen MR) is 87.8 cm³/mol. The lowest BCUT2D eigenvalue weighted by Gasteiger charge is -2.38. The molecule has 0 aromatic heterocycles. The number of likely N-dealkylation sites (N-methyl/N-ethyl adjacent to an activating group) is 1. The average Bonchev–Trinajstić information content (AvgIpc) is 2.83. The van der Waals surface area contributed by atoms with E-state index in [4.69, 9.17) is 0 Å². The summed E-state index contributed by atoms with van der Waals surface area (Å²) in [4.78, 5) is 4.47. The molecule has 0 bridgehead atoms.